The first-order chi connectivity index (χ1) is 10.8. The van der Waals surface area contributed by atoms with Crippen LogP contribution in [0.2, 0.25) is 0 Å². The van der Waals surface area contributed by atoms with E-state index in [-0.39, 0.29) is 18.1 Å². The highest BCUT2D eigenvalue weighted by atomic mass is 35.5. The zero-order valence-corrected chi connectivity index (χ0v) is 15.4. The minimum atomic E-state index is -0.628. The first kappa shape index (κ1) is 18.2. The van der Waals surface area contributed by atoms with Gasteiger partial charge in [-0.1, -0.05) is 6.92 Å². The molecule has 1 aliphatic heterocycles. The van der Waals surface area contributed by atoms with Gasteiger partial charge in [-0.3, -0.25) is 4.79 Å². The minimum absolute atomic E-state index is 0.282. The van der Waals surface area contributed by atoms with E-state index in [9.17, 15) is 9.59 Å². The molecule has 7 heteroatoms. The van der Waals surface area contributed by atoms with Gasteiger partial charge in [0.05, 0.1) is 24.4 Å². The van der Waals surface area contributed by atoms with Crippen LogP contribution in [0.25, 0.3) is 0 Å². The van der Waals surface area contributed by atoms with Gasteiger partial charge in [-0.05, 0) is 32.8 Å². The van der Waals surface area contributed by atoms with Crippen molar-refractivity contribution in [3.05, 3.63) is 16.0 Å². The molecule has 0 fully saturated rings. The van der Waals surface area contributed by atoms with E-state index < -0.39 is 11.3 Å². The second-order valence-corrected chi connectivity index (χ2v) is 7.65. The highest BCUT2D eigenvalue weighted by molar-refractivity contribution is 7.17. The van der Waals surface area contributed by atoms with Crippen molar-refractivity contribution < 1.29 is 19.1 Å². The molecule has 23 heavy (non-hydrogen) atoms. The largest absolute Gasteiger partial charge is 0.462 e. The molecule has 0 spiro atoms. The maximum Gasteiger partial charge on any atom is 0.341 e. The van der Waals surface area contributed by atoms with Crippen LogP contribution in [-0.4, -0.2) is 29.5 Å². The van der Waals surface area contributed by atoms with Gasteiger partial charge in [0.1, 0.15) is 10.4 Å². The summed E-state index contributed by atoms with van der Waals surface area (Å²) in [6.45, 7) is 8.25. The molecule has 0 radical (unpaired) electrons. The third kappa shape index (κ3) is 4.05. The lowest BCUT2D eigenvalue weighted by Crippen LogP contribution is -2.32. The molecule has 1 amide bonds. The fourth-order valence-corrected chi connectivity index (χ4v) is 3.61. The Bertz CT molecular complexity index is 611. The number of fused-ring (bicyclic) bond motifs is 1. The van der Waals surface area contributed by atoms with Gasteiger partial charge in [-0.2, -0.15) is 0 Å². The molecule has 1 aliphatic rings. The molecule has 128 valence electrons. The average Bonchev–Trinajstić information content (AvgIpc) is 2.82. The molecule has 1 atom stereocenters. The number of ether oxygens (including phenoxy) is 2. The van der Waals surface area contributed by atoms with E-state index >= 15 is 0 Å². The Kier molecular flexibility index (Phi) is 5.70. The molecule has 1 aromatic heterocycles. The van der Waals surface area contributed by atoms with Crippen LogP contribution >= 0.6 is 22.9 Å². The molecular weight excluding hydrogens is 338 g/mol. The number of carbonyl (C=O) groups excluding carboxylic acids is 2. The first-order valence-electron chi connectivity index (χ1n) is 7.69. The third-order valence-electron chi connectivity index (χ3n) is 3.65. The van der Waals surface area contributed by atoms with Crippen LogP contribution < -0.4 is 5.32 Å². The van der Waals surface area contributed by atoms with Crippen molar-refractivity contribution in [2.24, 2.45) is 0 Å². The number of amides is 1. The average molecular weight is 360 g/mol. The Labute approximate surface area is 145 Å². The lowest BCUT2D eigenvalue weighted by atomic mass is 9.93. The van der Waals surface area contributed by atoms with Crippen LogP contribution in [0.3, 0.4) is 0 Å². The fraction of sp³-hybridized carbons (Fsp3) is 0.625. The number of esters is 1. The Balaban J connectivity index is 2.40. The molecule has 0 aliphatic carbocycles. The van der Waals surface area contributed by atoms with E-state index in [1.54, 1.807) is 6.92 Å². The summed E-state index contributed by atoms with van der Waals surface area (Å²) in [5.74, 6) is -0.723. The smallest absolute Gasteiger partial charge is 0.341 e. The van der Waals surface area contributed by atoms with Crippen LogP contribution in [0.15, 0.2) is 0 Å². The molecule has 0 aromatic carbocycles. The Morgan fingerprint density at radius 3 is 2.74 bits per heavy atom. The van der Waals surface area contributed by atoms with E-state index in [0.717, 1.165) is 10.4 Å². The number of rotatable bonds is 5. The number of halogens is 1. The van der Waals surface area contributed by atoms with Gasteiger partial charge in [-0.15, -0.1) is 22.9 Å². The van der Waals surface area contributed by atoms with Gasteiger partial charge in [-0.25, -0.2) is 4.79 Å². The van der Waals surface area contributed by atoms with Crippen LogP contribution in [0, 0.1) is 0 Å². The predicted octanol–water partition coefficient (Wildman–Crippen LogP) is 3.73. The molecule has 2 heterocycles. The van der Waals surface area contributed by atoms with Gasteiger partial charge in [0.15, 0.2) is 0 Å². The summed E-state index contributed by atoms with van der Waals surface area (Å²) >= 11 is 7.34. The SMILES string of the molecule is CCOC(=O)c1c(NC(=O)C(Cl)CC)sc2c1CC(C)(C)OC2. The molecule has 2 rings (SSSR count). The van der Waals surface area contributed by atoms with E-state index in [0.29, 0.717) is 30.0 Å². The molecule has 1 unspecified atom stereocenters. The topological polar surface area (TPSA) is 64.6 Å². The Morgan fingerprint density at radius 1 is 1.43 bits per heavy atom. The van der Waals surface area contributed by atoms with Crippen molar-refractivity contribution >= 4 is 39.8 Å². The molecule has 1 N–H and O–H groups in total. The van der Waals surface area contributed by atoms with Crippen molar-refractivity contribution in [2.75, 3.05) is 11.9 Å². The van der Waals surface area contributed by atoms with E-state index in [4.69, 9.17) is 21.1 Å². The van der Waals surface area contributed by atoms with E-state index in [1.165, 1.54) is 11.3 Å². The summed E-state index contributed by atoms with van der Waals surface area (Å²) < 4.78 is 11.0. The molecule has 0 saturated heterocycles. The number of hydrogen-bond acceptors (Lipinski definition) is 5. The molecule has 5 nitrogen and oxygen atoms in total. The van der Waals surface area contributed by atoms with Gasteiger partial charge < -0.3 is 14.8 Å². The molecule has 1 aromatic rings. The van der Waals surface area contributed by atoms with Gasteiger partial charge in [0, 0.05) is 11.3 Å². The van der Waals surface area contributed by atoms with Crippen LogP contribution in [-0.2, 0) is 27.3 Å². The second-order valence-electron chi connectivity index (χ2n) is 6.02. The summed E-state index contributed by atoms with van der Waals surface area (Å²) in [6, 6.07) is 0. The summed E-state index contributed by atoms with van der Waals surface area (Å²) in [7, 11) is 0. The van der Waals surface area contributed by atoms with Gasteiger partial charge in [0.2, 0.25) is 5.91 Å². The summed E-state index contributed by atoms with van der Waals surface area (Å²) in [5, 5.41) is 2.65. The Morgan fingerprint density at radius 2 is 2.13 bits per heavy atom. The van der Waals surface area contributed by atoms with Crippen LogP contribution in [0.5, 0.6) is 0 Å². The van der Waals surface area contributed by atoms with Gasteiger partial charge in [0.25, 0.3) is 0 Å². The van der Waals surface area contributed by atoms with Crippen LogP contribution in [0.4, 0.5) is 5.00 Å². The van der Waals surface area contributed by atoms with Crippen molar-refractivity contribution in [3.63, 3.8) is 0 Å². The van der Waals surface area contributed by atoms with E-state index in [2.05, 4.69) is 5.32 Å². The standard InChI is InChI=1S/C16H22ClNO4S/c1-5-10(17)13(19)18-14-12(15(20)21-6-2)9-7-16(3,4)22-8-11(9)23-14/h10H,5-8H2,1-4H3,(H,18,19). The summed E-state index contributed by atoms with van der Waals surface area (Å²) in [5.41, 5.74) is 0.994. The maximum atomic E-state index is 12.4. The third-order valence-corrected chi connectivity index (χ3v) is 5.27. The quantitative estimate of drug-likeness (QED) is 0.642. The molecule has 0 bridgehead atoms. The molecule has 0 saturated carbocycles. The first-order valence-corrected chi connectivity index (χ1v) is 8.95. The zero-order chi connectivity index (χ0) is 17.2. The minimum Gasteiger partial charge on any atom is -0.462 e. The van der Waals surface area contributed by atoms with Crippen molar-refractivity contribution in [3.8, 4) is 0 Å². The number of nitrogens with one attached hydrogen (secondary N) is 1. The lowest BCUT2D eigenvalue weighted by molar-refractivity contribution is -0.115. The number of thiophene rings is 1. The van der Waals surface area contributed by atoms with Crippen molar-refractivity contribution in [1.29, 1.82) is 0 Å². The van der Waals surface area contributed by atoms with Gasteiger partial charge >= 0.3 is 5.97 Å². The summed E-state index contributed by atoms with van der Waals surface area (Å²) in [6.07, 6.45) is 1.12. The second kappa shape index (κ2) is 7.20. The van der Waals surface area contributed by atoms with Crippen molar-refractivity contribution in [2.45, 2.75) is 58.1 Å². The zero-order valence-electron chi connectivity index (χ0n) is 13.8. The number of hydrogen-bond donors (Lipinski definition) is 1. The number of anilines is 1. The molecular formula is C16H22ClNO4S. The normalized spacial score (nSPS) is 17.3. The maximum absolute atomic E-state index is 12.4. The van der Waals surface area contributed by atoms with Crippen LogP contribution in [0.1, 0.15) is 54.9 Å². The fourth-order valence-electron chi connectivity index (χ4n) is 2.44. The number of carbonyl (C=O) groups is 2. The van der Waals surface area contributed by atoms with Crippen molar-refractivity contribution in [1.82, 2.24) is 0 Å². The van der Waals surface area contributed by atoms with E-state index in [1.807, 2.05) is 20.8 Å². The highest BCUT2D eigenvalue weighted by Gasteiger charge is 2.34. The Hall–Kier alpha value is -1.11. The number of alkyl halides is 1. The highest BCUT2D eigenvalue weighted by Crippen LogP contribution is 2.41. The lowest BCUT2D eigenvalue weighted by Gasteiger charge is -2.30. The monoisotopic (exact) mass is 359 g/mol. The summed E-state index contributed by atoms with van der Waals surface area (Å²) in [4.78, 5) is 25.4. The predicted molar refractivity (Wildman–Crippen MR) is 91.4 cm³/mol.